The molecule has 10 heteroatoms. The van der Waals surface area contributed by atoms with E-state index in [1.165, 1.54) is 7.11 Å². The number of carbonyl (C=O) groups is 3. The van der Waals surface area contributed by atoms with E-state index in [4.69, 9.17) is 51.1 Å². The van der Waals surface area contributed by atoms with Crippen LogP contribution in [0, 0.1) is 11.8 Å². The lowest BCUT2D eigenvalue weighted by atomic mass is 9.72. The number of nitrogens with one attached hydrogen (secondary N) is 1. The predicted octanol–water partition coefficient (Wildman–Crippen LogP) is 5.49. The fraction of sp³-hybridized carbons (Fsp3) is 0.192. The molecule has 6 nitrogen and oxygen atoms in total. The maximum absolute atomic E-state index is 14.2. The van der Waals surface area contributed by atoms with Crippen LogP contribution in [0.15, 0.2) is 66.7 Å². The van der Waals surface area contributed by atoms with Crippen molar-refractivity contribution in [1.82, 2.24) is 5.32 Å². The van der Waals surface area contributed by atoms with Crippen molar-refractivity contribution in [3.05, 3.63) is 97.9 Å². The Hall–Kier alpha value is -2.61. The van der Waals surface area contributed by atoms with Crippen LogP contribution in [0.4, 0.5) is 5.69 Å². The van der Waals surface area contributed by atoms with Crippen LogP contribution in [0.3, 0.4) is 0 Å². The van der Waals surface area contributed by atoms with E-state index in [0.29, 0.717) is 21.2 Å². The van der Waals surface area contributed by atoms with E-state index in [1.807, 2.05) is 0 Å². The van der Waals surface area contributed by atoms with Gasteiger partial charge in [0.1, 0.15) is 6.04 Å². The summed E-state index contributed by atoms with van der Waals surface area (Å²) in [7, 11) is 1.23. The van der Waals surface area contributed by atoms with Crippen molar-refractivity contribution >= 4 is 69.9 Å². The van der Waals surface area contributed by atoms with Crippen LogP contribution in [0.5, 0.6) is 0 Å². The van der Waals surface area contributed by atoms with E-state index in [0.717, 1.165) is 4.90 Å². The summed E-state index contributed by atoms with van der Waals surface area (Å²) in [5, 5.41) is 4.54. The summed E-state index contributed by atoms with van der Waals surface area (Å²) in [5.74, 6) is -3.97. The first-order chi connectivity index (χ1) is 17.2. The van der Waals surface area contributed by atoms with E-state index in [2.05, 4.69) is 5.32 Å². The number of esters is 1. The number of para-hydroxylation sites is 1. The second-order valence-corrected chi connectivity index (χ2v) is 10.2. The number of methoxy groups -OCH3 is 1. The number of hydrogen-bond acceptors (Lipinski definition) is 5. The third-order valence-corrected chi connectivity index (χ3v) is 7.89. The van der Waals surface area contributed by atoms with Gasteiger partial charge in [-0.3, -0.25) is 19.7 Å². The predicted molar refractivity (Wildman–Crippen MR) is 139 cm³/mol. The number of amides is 2. The molecule has 2 aliphatic heterocycles. The van der Waals surface area contributed by atoms with Crippen LogP contribution in [-0.2, 0) is 24.7 Å². The molecule has 2 fully saturated rings. The SMILES string of the molecule is COC(=O)[C@@H]1NC(c2ccc(Cl)cc2)(c2ccc(Cl)cc2)[C@@H]2C(=O)N(c3c(Cl)cccc3Cl)C(=O)[C@@H]21. The Balaban J connectivity index is 1.79. The Kier molecular flexibility index (Phi) is 6.52. The molecule has 2 saturated heterocycles. The minimum Gasteiger partial charge on any atom is -0.468 e. The molecule has 2 heterocycles. The number of rotatable bonds is 4. The average Bonchev–Trinajstić information content (AvgIpc) is 3.35. The van der Waals surface area contributed by atoms with E-state index in [9.17, 15) is 14.4 Å². The molecule has 36 heavy (non-hydrogen) atoms. The average molecular weight is 564 g/mol. The maximum Gasteiger partial charge on any atom is 0.323 e. The molecule has 0 aromatic heterocycles. The zero-order valence-electron chi connectivity index (χ0n) is 18.7. The van der Waals surface area contributed by atoms with Crippen molar-refractivity contribution in [1.29, 1.82) is 0 Å². The molecule has 0 unspecified atom stereocenters. The first-order valence-corrected chi connectivity index (χ1v) is 12.4. The summed E-state index contributed by atoms with van der Waals surface area (Å²) in [6, 6.07) is 17.3. The van der Waals surface area contributed by atoms with Crippen LogP contribution in [-0.4, -0.2) is 30.9 Å². The van der Waals surface area contributed by atoms with Gasteiger partial charge in [-0.15, -0.1) is 0 Å². The summed E-state index contributed by atoms with van der Waals surface area (Å²) in [4.78, 5) is 42.1. The molecule has 3 aromatic rings. The van der Waals surface area contributed by atoms with Crippen molar-refractivity contribution in [3.63, 3.8) is 0 Å². The third-order valence-electron chi connectivity index (χ3n) is 6.78. The largest absolute Gasteiger partial charge is 0.468 e. The molecule has 0 bridgehead atoms. The molecule has 1 N–H and O–H groups in total. The van der Waals surface area contributed by atoms with Gasteiger partial charge in [-0.05, 0) is 47.5 Å². The van der Waals surface area contributed by atoms with Crippen molar-refractivity contribution in [3.8, 4) is 0 Å². The van der Waals surface area contributed by atoms with Gasteiger partial charge in [-0.2, -0.15) is 0 Å². The standard InChI is InChI=1S/C26H18Cl4N2O4/c1-36-25(35)21-19-20(24(34)32(23(19)33)22-17(29)3-2-4-18(22)30)26(31-21,13-5-9-15(27)10-6-13)14-7-11-16(28)12-8-14/h2-12,19-21,31H,1H3/t19-,20-,21+/m0/s1. The van der Waals surface area contributed by atoms with Gasteiger partial charge in [0.15, 0.2) is 0 Å². The van der Waals surface area contributed by atoms with E-state index in [1.54, 1.807) is 66.7 Å². The van der Waals surface area contributed by atoms with Crippen LogP contribution < -0.4 is 10.2 Å². The zero-order chi connectivity index (χ0) is 25.8. The van der Waals surface area contributed by atoms with E-state index >= 15 is 0 Å². The van der Waals surface area contributed by atoms with E-state index < -0.39 is 41.2 Å². The zero-order valence-corrected chi connectivity index (χ0v) is 21.7. The number of imide groups is 1. The maximum atomic E-state index is 14.2. The fourth-order valence-corrected chi connectivity index (χ4v) is 6.10. The van der Waals surface area contributed by atoms with Gasteiger partial charge in [0.25, 0.3) is 0 Å². The summed E-state index contributed by atoms with van der Waals surface area (Å²) >= 11 is 25.1. The topological polar surface area (TPSA) is 75.7 Å². The Morgan fingerprint density at radius 2 is 1.33 bits per heavy atom. The number of benzene rings is 3. The number of nitrogens with zero attached hydrogens (tertiary/aromatic N) is 1. The molecular weight excluding hydrogens is 546 g/mol. The van der Waals surface area contributed by atoms with Gasteiger partial charge in [0.2, 0.25) is 11.8 Å². The molecular formula is C26H18Cl4N2O4. The Morgan fingerprint density at radius 1 is 0.833 bits per heavy atom. The van der Waals surface area contributed by atoms with E-state index in [-0.39, 0.29) is 15.7 Å². The second-order valence-electron chi connectivity index (χ2n) is 8.55. The van der Waals surface area contributed by atoms with Crippen molar-refractivity contribution in [2.45, 2.75) is 11.6 Å². The lowest BCUT2D eigenvalue weighted by Crippen LogP contribution is -2.52. The second kappa shape index (κ2) is 9.36. The Labute approximate surface area is 227 Å². The number of anilines is 1. The van der Waals surface area contributed by atoms with Gasteiger partial charge in [-0.25, -0.2) is 4.90 Å². The first-order valence-electron chi connectivity index (χ1n) is 10.9. The highest BCUT2D eigenvalue weighted by Crippen LogP contribution is 2.53. The Bertz CT molecular complexity index is 1310. The van der Waals surface area contributed by atoms with Crippen molar-refractivity contribution in [2.24, 2.45) is 11.8 Å². The lowest BCUT2D eigenvalue weighted by Gasteiger charge is -2.36. The molecule has 184 valence electrons. The number of halogens is 4. The lowest BCUT2D eigenvalue weighted by molar-refractivity contribution is -0.145. The molecule has 0 radical (unpaired) electrons. The normalized spacial score (nSPS) is 22.6. The quantitative estimate of drug-likeness (QED) is 0.335. The number of carbonyl (C=O) groups excluding carboxylic acids is 3. The molecule has 0 spiro atoms. The number of fused-ring (bicyclic) bond motifs is 1. The van der Waals surface area contributed by atoms with Crippen LogP contribution in [0.2, 0.25) is 20.1 Å². The van der Waals surface area contributed by atoms with Gasteiger partial charge >= 0.3 is 5.97 Å². The van der Waals surface area contributed by atoms with Gasteiger partial charge in [0, 0.05) is 10.0 Å². The summed E-state index contributed by atoms with van der Waals surface area (Å²) in [6.45, 7) is 0. The molecule has 3 atom stereocenters. The smallest absolute Gasteiger partial charge is 0.323 e. The highest BCUT2D eigenvalue weighted by atomic mass is 35.5. The van der Waals surface area contributed by atoms with Gasteiger partial charge in [0.05, 0.1) is 40.2 Å². The number of ether oxygens (including phenoxy) is 1. The van der Waals surface area contributed by atoms with Crippen LogP contribution >= 0.6 is 46.4 Å². The third kappa shape index (κ3) is 3.71. The number of hydrogen-bond donors (Lipinski definition) is 1. The van der Waals surface area contributed by atoms with Gasteiger partial charge in [-0.1, -0.05) is 76.7 Å². The minimum absolute atomic E-state index is 0.0787. The van der Waals surface area contributed by atoms with Crippen molar-refractivity contribution < 1.29 is 19.1 Å². The summed E-state index contributed by atoms with van der Waals surface area (Å²) in [5.41, 5.74) is 0.0382. The molecule has 0 aliphatic carbocycles. The first kappa shape index (κ1) is 25.1. The van der Waals surface area contributed by atoms with Crippen molar-refractivity contribution in [2.75, 3.05) is 12.0 Å². The molecule has 0 saturated carbocycles. The van der Waals surface area contributed by atoms with Crippen LogP contribution in [0.1, 0.15) is 11.1 Å². The summed E-state index contributed by atoms with van der Waals surface area (Å²) < 4.78 is 5.04. The molecule has 3 aromatic carbocycles. The Morgan fingerprint density at radius 3 is 1.81 bits per heavy atom. The highest BCUT2D eigenvalue weighted by Gasteiger charge is 2.68. The minimum atomic E-state index is -1.30. The highest BCUT2D eigenvalue weighted by molar-refractivity contribution is 6.42. The van der Waals surface area contributed by atoms with Crippen LogP contribution in [0.25, 0.3) is 0 Å². The molecule has 5 rings (SSSR count). The summed E-state index contributed by atoms with van der Waals surface area (Å²) in [6.07, 6.45) is 0. The van der Waals surface area contributed by atoms with Gasteiger partial charge < -0.3 is 4.74 Å². The fourth-order valence-electron chi connectivity index (χ4n) is 5.28. The monoisotopic (exact) mass is 562 g/mol. The molecule has 2 amide bonds. The molecule has 2 aliphatic rings.